The molecule has 2 aromatic heterocycles. The van der Waals surface area contributed by atoms with Gasteiger partial charge in [-0.3, -0.25) is 5.43 Å². The van der Waals surface area contributed by atoms with Gasteiger partial charge in [-0.1, -0.05) is 11.2 Å². The highest BCUT2D eigenvalue weighted by molar-refractivity contribution is 5.82. The summed E-state index contributed by atoms with van der Waals surface area (Å²) in [7, 11) is 0. The van der Waals surface area contributed by atoms with Gasteiger partial charge in [0.25, 0.3) is 0 Å². The van der Waals surface area contributed by atoms with E-state index in [1.54, 1.807) is 12.4 Å². The summed E-state index contributed by atoms with van der Waals surface area (Å²) >= 11 is 0. The Bertz CT molecular complexity index is 470. The lowest BCUT2D eigenvalue weighted by Gasteiger charge is -1.96. The lowest BCUT2D eigenvalue weighted by molar-refractivity contribution is 0.393. The molecule has 0 radical (unpaired) electrons. The van der Waals surface area contributed by atoms with Crippen molar-refractivity contribution in [3.05, 3.63) is 41.4 Å². The summed E-state index contributed by atoms with van der Waals surface area (Å²) in [5.41, 5.74) is 4.54. The molecule has 0 saturated heterocycles. The average molecular weight is 216 g/mol. The van der Waals surface area contributed by atoms with Crippen molar-refractivity contribution in [2.24, 2.45) is 5.10 Å². The molecule has 2 rings (SSSR count). The zero-order chi connectivity index (χ0) is 11.4. The van der Waals surface area contributed by atoms with Crippen molar-refractivity contribution >= 4 is 12.0 Å². The Kier molecular flexibility index (Phi) is 2.95. The molecule has 2 aromatic rings. The number of anilines is 1. The third kappa shape index (κ3) is 2.25. The van der Waals surface area contributed by atoms with Gasteiger partial charge in [0.1, 0.15) is 11.6 Å². The fourth-order valence-corrected chi connectivity index (χ4v) is 1.27. The Morgan fingerprint density at radius 2 is 2.25 bits per heavy atom. The van der Waals surface area contributed by atoms with Gasteiger partial charge >= 0.3 is 0 Å². The summed E-state index contributed by atoms with van der Waals surface area (Å²) in [6.45, 7) is 3.72. The second-order valence-electron chi connectivity index (χ2n) is 3.32. The van der Waals surface area contributed by atoms with Gasteiger partial charge in [-0.15, -0.1) is 0 Å². The van der Waals surface area contributed by atoms with Gasteiger partial charge in [0.05, 0.1) is 17.5 Å². The Hall–Kier alpha value is -2.17. The van der Waals surface area contributed by atoms with Gasteiger partial charge in [-0.25, -0.2) is 4.98 Å². The zero-order valence-electron chi connectivity index (χ0n) is 9.14. The van der Waals surface area contributed by atoms with Crippen LogP contribution in [0, 0.1) is 13.8 Å². The highest BCUT2D eigenvalue weighted by Gasteiger charge is 2.05. The molecule has 0 fully saturated rings. The van der Waals surface area contributed by atoms with Crippen LogP contribution in [0.5, 0.6) is 0 Å². The molecule has 0 aliphatic heterocycles. The molecule has 0 aliphatic rings. The van der Waals surface area contributed by atoms with Crippen molar-refractivity contribution in [1.29, 1.82) is 0 Å². The van der Waals surface area contributed by atoms with Crippen LogP contribution < -0.4 is 5.43 Å². The lowest BCUT2D eigenvalue weighted by atomic mass is 10.2. The standard InChI is InChI=1S/C11H12N4O/c1-8-10(9(2)16-15-8)7-13-14-11-5-3-4-6-12-11/h3-7H,1-2H3,(H,12,14)/b13-7-. The molecule has 16 heavy (non-hydrogen) atoms. The molecule has 5 nitrogen and oxygen atoms in total. The summed E-state index contributed by atoms with van der Waals surface area (Å²) in [5, 5.41) is 7.90. The summed E-state index contributed by atoms with van der Waals surface area (Å²) in [6, 6.07) is 5.58. The maximum absolute atomic E-state index is 5.01. The lowest BCUT2D eigenvalue weighted by Crippen LogP contribution is -1.93. The minimum atomic E-state index is 0.700. The number of rotatable bonds is 3. The Balaban J connectivity index is 2.06. The normalized spacial score (nSPS) is 10.9. The molecule has 0 aromatic carbocycles. The van der Waals surface area contributed by atoms with E-state index in [9.17, 15) is 0 Å². The van der Waals surface area contributed by atoms with Crippen LogP contribution in [-0.4, -0.2) is 16.4 Å². The largest absolute Gasteiger partial charge is 0.361 e. The van der Waals surface area contributed by atoms with Crippen molar-refractivity contribution in [1.82, 2.24) is 10.1 Å². The van der Waals surface area contributed by atoms with Crippen LogP contribution in [-0.2, 0) is 0 Å². The van der Waals surface area contributed by atoms with Crippen LogP contribution in [0.2, 0.25) is 0 Å². The van der Waals surface area contributed by atoms with Crippen molar-refractivity contribution in [3.63, 3.8) is 0 Å². The number of hydrogen-bond acceptors (Lipinski definition) is 5. The Morgan fingerprint density at radius 1 is 1.38 bits per heavy atom. The summed E-state index contributed by atoms with van der Waals surface area (Å²) in [5.74, 6) is 1.45. The minimum absolute atomic E-state index is 0.700. The molecule has 0 amide bonds. The summed E-state index contributed by atoms with van der Waals surface area (Å²) in [4.78, 5) is 4.08. The maximum atomic E-state index is 5.01. The molecule has 82 valence electrons. The van der Waals surface area contributed by atoms with E-state index >= 15 is 0 Å². The fourth-order valence-electron chi connectivity index (χ4n) is 1.27. The highest BCUT2D eigenvalue weighted by atomic mass is 16.5. The zero-order valence-corrected chi connectivity index (χ0v) is 9.14. The van der Waals surface area contributed by atoms with Crippen molar-refractivity contribution < 1.29 is 4.52 Å². The minimum Gasteiger partial charge on any atom is -0.361 e. The van der Waals surface area contributed by atoms with Crippen LogP contribution in [0.25, 0.3) is 0 Å². The Labute approximate surface area is 93.2 Å². The third-order valence-corrected chi connectivity index (χ3v) is 2.13. The van der Waals surface area contributed by atoms with Crippen LogP contribution in [0.3, 0.4) is 0 Å². The van der Waals surface area contributed by atoms with E-state index < -0.39 is 0 Å². The summed E-state index contributed by atoms with van der Waals surface area (Å²) < 4.78 is 5.01. The molecule has 0 spiro atoms. The van der Waals surface area contributed by atoms with E-state index in [1.807, 2.05) is 32.0 Å². The first-order valence-electron chi connectivity index (χ1n) is 4.90. The first-order chi connectivity index (χ1) is 7.77. The van der Waals surface area contributed by atoms with E-state index in [1.165, 1.54) is 0 Å². The molecular formula is C11H12N4O. The van der Waals surface area contributed by atoms with Gasteiger partial charge in [0.2, 0.25) is 0 Å². The van der Waals surface area contributed by atoms with Gasteiger partial charge < -0.3 is 4.52 Å². The van der Waals surface area contributed by atoms with E-state index in [2.05, 4.69) is 20.7 Å². The molecule has 0 atom stereocenters. The van der Waals surface area contributed by atoms with Gasteiger partial charge in [-0.2, -0.15) is 5.10 Å². The highest BCUT2D eigenvalue weighted by Crippen LogP contribution is 2.09. The number of aryl methyl sites for hydroxylation is 2. The predicted octanol–water partition coefficient (Wildman–Crippen LogP) is 2.13. The fraction of sp³-hybridized carbons (Fsp3) is 0.182. The number of hydrogen-bond donors (Lipinski definition) is 1. The quantitative estimate of drug-likeness (QED) is 0.630. The molecule has 0 saturated carbocycles. The first-order valence-corrected chi connectivity index (χ1v) is 4.90. The topological polar surface area (TPSA) is 63.3 Å². The third-order valence-electron chi connectivity index (χ3n) is 2.13. The van der Waals surface area contributed by atoms with Crippen molar-refractivity contribution in [3.8, 4) is 0 Å². The molecule has 5 heteroatoms. The van der Waals surface area contributed by atoms with Crippen LogP contribution in [0.4, 0.5) is 5.82 Å². The van der Waals surface area contributed by atoms with E-state index in [0.29, 0.717) is 5.82 Å². The molecule has 1 N–H and O–H groups in total. The number of nitrogens with one attached hydrogen (secondary N) is 1. The van der Waals surface area contributed by atoms with E-state index in [0.717, 1.165) is 17.0 Å². The SMILES string of the molecule is Cc1noc(C)c1/C=N\Nc1ccccn1. The Morgan fingerprint density at radius 3 is 2.88 bits per heavy atom. The van der Waals surface area contributed by atoms with Crippen molar-refractivity contribution in [2.45, 2.75) is 13.8 Å². The predicted molar refractivity (Wildman–Crippen MR) is 61.4 cm³/mol. The van der Waals surface area contributed by atoms with E-state index in [-0.39, 0.29) is 0 Å². The second-order valence-corrected chi connectivity index (χ2v) is 3.32. The maximum Gasteiger partial charge on any atom is 0.146 e. The number of nitrogens with zero attached hydrogens (tertiary/aromatic N) is 3. The smallest absolute Gasteiger partial charge is 0.146 e. The van der Waals surface area contributed by atoms with E-state index in [4.69, 9.17) is 4.52 Å². The number of hydrazone groups is 1. The molecule has 0 unspecified atom stereocenters. The van der Waals surface area contributed by atoms with Crippen LogP contribution >= 0.6 is 0 Å². The first kappa shape index (κ1) is 10.4. The molecule has 2 heterocycles. The molecule has 0 aliphatic carbocycles. The average Bonchev–Trinajstić information content (AvgIpc) is 2.62. The van der Waals surface area contributed by atoms with Gasteiger partial charge in [0.15, 0.2) is 0 Å². The number of pyridine rings is 1. The van der Waals surface area contributed by atoms with Crippen LogP contribution in [0.1, 0.15) is 17.0 Å². The van der Waals surface area contributed by atoms with Crippen molar-refractivity contribution in [2.75, 3.05) is 5.43 Å². The monoisotopic (exact) mass is 216 g/mol. The van der Waals surface area contributed by atoms with Crippen LogP contribution in [0.15, 0.2) is 34.0 Å². The van der Waals surface area contributed by atoms with Gasteiger partial charge in [-0.05, 0) is 26.0 Å². The molecular weight excluding hydrogens is 204 g/mol. The van der Waals surface area contributed by atoms with Gasteiger partial charge in [0, 0.05) is 6.20 Å². The summed E-state index contributed by atoms with van der Waals surface area (Å²) in [6.07, 6.45) is 3.38. The second kappa shape index (κ2) is 4.57. The molecule has 0 bridgehead atoms. The number of aromatic nitrogens is 2.